The van der Waals surface area contributed by atoms with Gasteiger partial charge in [0.15, 0.2) is 0 Å². The summed E-state index contributed by atoms with van der Waals surface area (Å²) in [4.78, 5) is 6.20. The Morgan fingerprint density at radius 3 is 1.91 bits per heavy atom. The molecule has 5 aliphatic rings. The summed E-state index contributed by atoms with van der Waals surface area (Å²) in [5.74, 6) is 2.87. The molecule has 0 amide bonds. The third-order valence-corrected chi connectivity index (χ3v) is 16.2. The van der Waals surface area contributed by atoms with Crippen LogP contribution < -0.4 is 0 Å². The molecule has 0 radical (unpaired) electrons. The number of rotatable bonds is 6. The number of hydrogen-bond acceptors (Lipinski definition) is 3. The molecule has 3 nitrogen and oxygen atoms in total. The van der Waals surface area contributed by atoms with Gasteiger partial charge in [0.25, 0.3) is 0 Å². The van der Waals surface area contributed by atoms with Gasteiger partial charge < -0.3 is 0 Å². The van der Waals surface area contributed by atoms with Crippen LogP contribution in [0.5, 0.6) is 0 Å². The summed E-state index contributed by atoms with van der Waals surface area (Å²) < 4.78 is 15.6. The average molecular weight is 415 g/mol. The van der Waals surface area contributed by atoms with Crippen LogP contribution in [-0.4, -0.2) is 25.0 Å². The predicted molar refractivity (Wildman–Crippen MR) is 88.2 cm³/mol. The van der Waals surface area contributed by atoms with Crippen LogP contribution in [-0.2, 0) is 11.2 Å². The molecule has 0 N–H and O–H groups in total. The van der Waals surface area contributed by atoms with E-state index in [0.29, 0.717) is 11.8 Å². The maximum atomic E-state index is 6.98. The third kappa shape index (κ3) is 2.58. The topological polar surface area (TPSA) is 27.7 Å². The monoisotopic (exact) mass is 416 g/mol. The number of unbranched alkanes of at least 4 members (excludes halogenated alkanes) is 2. The van der Waals surface area contributed by atoms with Crippen molar-refractivity contribution in [3.8, 4) is 0 Å². The Bertz CT molecular complexity index is 375. The first-order valence-corrected chi connectivity index (χ1v) is 16.1. The molecule has 0 atom stereocenters. The van der Waals surface area contributed by atoms with Gasteiger partial charge in [0.1, 0.15) is 0 Å². The predicted octanol–water partition coefficient (Wildman–Crippen LogP) is 5.16. The van der Waals surface area contributed by atoms with Gasteiger partial charge in [-0.25, -0.2) is 0 Å². The molecule has 1 aliphatic heterocycles. The van der Waals surface area contributed by atoms with Crippen molar-refractivity contribution in [1.29, 1.82) is 0 Å². The zero-order chi connectivity index (χ0) is 15.2. The molecule has 0 aromatic rings. The minimum atomic E-state index is -2.99. The van der Waals surface area contributed by atoms with Gasteiger partial charge in [0, 0.05) is 0 Å². The van der Waals surface area contributed by atoms with Crippen molar-refractivity contribution in [2.75, 3.05) is 0 Å². The van der Waals surface area contributed by atoms with Gasteiger partial charge in [0.05, 0.1) is 0 Å². The van der Waals surface area contributed by atoms with Crippen molar-refractivity contribution >= 4 is 19.2 Å². The first-order valence-electron chi connectivity index (χ1n) is 9.76. The van der Waals surface area contributed by atoms with E-state index in [2.05, 4.69) is 13.8 Å². The van der Waals surface area contributed by atoms with E-state index in [-0.39, 0.29) is 5.79 Å². The van der Waals surface area contributed by atoms with E-state index >= 15 is 0 Å². The van der Waals surface area contributed by atoms with Gasteiger partial charge in [-0.1, -0.05) is 0 Å². The van der Waals surface area contributed by atoms with E-state index in [9.17, 15) is 0 Å². The van der Waals surface area contributed by atoms with E-state index in [1.54, 1.807) is 0 Å². The van der Waals surface area contributed by atoms with Crippen molar-refractivity contribution in [3.63, 3.8) is 0 Å². The molecule has 0 unspecified atom stereocenters. The molecule has 1 spiro atoms. The van der Waals surface area contributed by atoms with Crippen LogP contribution in [0.25, 0.3) is 0 Å². The van der Waals surface area contributed by atoms with Gasteiger partial charge in [-0.3, -0.25) is 0 Å². The standard InChI is InChI=1S/C10H15O3.2C4H9.Sn/c11-10(13-12)8-2-6-1-7(4-8)5-9(10)3-6;2*1-3-4-2;/h6-9,12H,1-5H2;2*1,3-4H2,2H3;/q-1;;;+2/p-1. The normalized spacial score (nSPS) is 45.0. The van der Waals surface area contributed by atoms with Gasteiger partial charge in [-0.15, -0.1) is 0 Å². The van der Waals surface area contributed by atoms with E-state index in [4.69, 9.17) is 11.2 Å². The zero-order valence-corrected chi connectivity index (χ0v) is 17.2. The van der Waals surface area contributed by atoms with E-state index in [1.165, 1.54) is 66.7 Å². The van der Waals surface area contributed by atoms with Crippen LogP contribution in [0, 0.1) is 23.7 Å². The van der Waals surface area contributed by atoms with Gasteiger partial charge in [0.2, 0.25) is 0 Å². The fraction of sp³-hybridized carbons (Fsp3) is 1.00. The van der Waals surface area contributed by atoms with Crippen LogP contribution in [0.3, 0.4) is 0 Å². The Morgan fingerprint density at radius 1 is 0.864 bits per heavy atom. The summed E-state index contributed by atoms with van der Waals surface area (Å²) in [7, 11) is 0. The molecule has 1 saturated heterocycles. The maximum absolute atomic E-state index is 6.98. The Morgan fingerprint density at radius 2 is 1.41 bits per heavy atom. The minimum absolute atomic E-state index is 0.301. The van der Waals surface area contributed by atoms with Gasteiger partial charge in [-0.2, -0.15) is 0 Å². The van der Waals surface area contributed by atoms with Crippen LogP contribution in [0.4, 0.5) is 0 Å². The fourth-order valence-corrected chi connectivity index (χ4v) is 16.3. The summed E-state index contributed by atoms with van der Waals surface area (Å²) >= 11 is -2.99. The van der Waals surface area contributed by atoms with Crippen LogP contribution in [0.1, 0.15) is 71.6 Å². The van der Waals surface area contributed by atoms with E-state index in [0.717, 1.165) is 11.8 Å². The van der Waals surface area contributed by atoms with Crippen molar-refractivity contribution in [3.05, 3.63) is 0 Å². The second-order valence-electron chi connectivity index (χ2n) is 8.41. The van der Waals surface area contributed by atoms with E-state index in [1.807, 2.05) is 0 Å². The molecule has 4 heteroatoms. The van der Waals surface area contributed by atoms with Crippen molar-refractivity contribution in [2.24, 2.45) is 23.7 Å². The molecule has 1 heterocycles. The molecule has 5 rings (SSSR count). The molecule has 4 aliphatic carbocycles. The molecule has 0 aromatic heterocycles. The molecular formula is C18H32O3Sn. The summed E-state index contributed by atoms with van der Waals surface area (Å²) in [6.45, 7) is 4.54. The average Bonchev–Trinajstić information content (AvgIpc) is 2.90. The Kier molecular flexibility index (Phi) is 4.55. The molecule has 126 valence electrons. The second kappa shape index (κ2) is 6.20. The molecule has 4 saturated carbocycles. The zero-order valence-electron chi connectivity index (χ0n) is 14.3. The van der Waals surface area contributed by atoms with Crippen LogP contribution in [0.2, 0.25) is 8.87 Å². The molecule has 22 heavy (non-hydrogen) atoms. The molecule has 0 aromatic carbocycles. The molecule has 5 fully saturated rings. The van der Waals surface area contributed by atoms with E-state index < -0.39 is 19.2 Å². The number of hydrogen-bond donors (Lipinski definition) is 0. The quantitative estimate of drug-likeness (QED) is 0.443. The molecule has 4 bridgehead atoms. The van der Waals surface area contributed by atoms with Crippen molar-refractivity contribution < 1.29 is 11.2 Å². The molecular weight excluding hydrogens is 383 g/mol. The summed E-state index contributed by atoms with van der Waals surface area (Å²) in [6.07, 6.45) is 11.8. The Labute approximate surface area is 140 Å². The third-order valence-electron chi connectivity index (χ3n) is 6.77. The van der Waals surface area contributed by atoms with Crippen LogP contribution in [0.15, 0.2) is 0 Å². The Hall–Kier alpha value is 0.679. The summed E-state index contributed by atoms with van der Waals surface area (Å²) in [6, 6.07) is 0. The van der Waals surface area contributed by atoms with Gasteiger partial charge in [-0.05, 0) is 0 Å². The Balaban J connectivity index is 1.54. The van der Waals surface area contributed by atoms with Gasteiger partial charge >= 0.3 is 140 Å². The SMILES string of the molecule is CCC[CH2][Sn]1([CH2]CCC)[O]OC2([O]1)C1CC3CC(C1)CC2C3. The van der Waals surface area contributed by atoms with Crippen molar-refractivity contribution in [1.82, 2.24) is 0 Å². The summed E-state index contributed by atoms with van der Waals surface area (Å²) in [5, 5.41) is 0. The fourth-order valence-electron chi connectivity index (χ4n) is 5.81. The van der Waals surface area contributed by atoms with Crippen LogP contribution >= 0.6 is 0 Å². The second-order valence-corrected chi connectivity index (χ2v) is 17.5. The van der Waals surface area contributed by atoms with Crippen molar-refractivity contribution in [2.45, 2.75) is 86.3 Å². The summed E-state index contributed by atoms with van der Waals surface area (Å²) in [5.41, 5.74) is 0. The first kappa shape index (κ1) is 16.2. The first-order chi connectivity index (χ1) is 10.7.